The van der Waals surface area contributed by atoms with E-state index in [-0.39, 0.29) is 6.04 Å². The molecule has 0 fully saturated rings. The fraction of sp³-hybridized carbons (Fsp3) is 0.200. The Kier molecular flexibility index (Phi) is 4.39. The summed E-state index contributed by atoms with van der Waals surface area (Å²) >= 11 is 3.57. The number of halogens is 1. The van der Waals surface area contributed by atoms with Crippen LogP contribution in [0.3, 0.4) is 0 Å². The van der Waals surface area contributed by atoms with Crippen LogP contribution in [0.15, 0.2) is 53.0 Å². The number of nitrogens with two attached hydrogens (primary N) is 1. The molecule has 0 unspecified atom stereocenters. The maximum absolute atomic E-state index is 5.93. The second-order valence-electron chi connectivity index (χ2n) is 4.32. The van der Waals surface area contributed by atoms with Gasteiger partial charge in [-0.05, 0) is 30.2 Å². The first-order valence-electron chi connectivity index (χ1n) is 5.99. The SMILES string of the molecule is C[C@@H](NCc1ccccc1N)c1ccccc1Br. The molecular weight excluding hydrogens is 288 g/mol. The van der Waals surface area contributed by atoms with E-state index >= 15 is 0 Å². The largest absolute Gasteiger partial charge is 0.398 e. The van der Waals surface area contributed by atoms with Crippen molar-refractivity contribution in [3.05, 3.63) is 64.1 Å². The topological polar surface area (TPSA) is 38.0 Å². The highest BCUT2D eigenvalue weighted by Gasteiger charge is 2.08. The number of anilines is 1. The second kappa shape index (κ2) is 6.03. The van der Waals surface area contributed by atoms with Gasteiger partial charge >= 0.3 is 0 Å². The molecule has 0 spiro atoms. The zero-order chi connectivity index (χ0) is 13.0. The van der Waals surface area contributed by atoms with Gasteiger partial charge in [0.15, 0.2) is 0 Å². The zero-order valence-electron chi connectivity index (χ0n) is 10.4. The Bertz CT molecular complexity index is 525. The van der Waals surface area contributed by atoms with Crippen molar-refractivity contribution in [1.29, 1.82) is 0 Å². The molecule has 2 nitrogen and oxygen atoms in total. The van der Waals surface area contributed by atoms with Gasteiger partial charge in [0.2, 0.25) is 0 Å². The van der Waals surface area contributed by atoms with Crippen LogP contribution < -0.4 is 11.1 Å². The second-order valence-corrected chi connectivity index (χ2v) is 5.18. The van der Waals surface area contributed by atoms with Gasteiger partial charge in [0, 0.05) is 22.7 Å². The number of hydrogen-bond donors (Lipinski definition) is 2. The zero-order valence-corrected chi connectivity index (χ0v) is 11.9. The summed E-state index contributed by atoms with van der Waals surface area (Å²) in [4.78, 5) is 0. The van der Waals surface area contributed by atoms with Gasteiger partial charge in [0.1, 0.15) is 0 Å². The van der Waals surface area contributed by atoms with Crippen LogP contribution in [0.25, 0.3) is 0 Å². The highest BCUT2D eigenvalue weighted by atomic mass is 79.9. The van der Waals surface area contributed by atoms with E-state index in [1.807, 2.05) is 24.3 Å². The molecule has 0 saturated carbocycles. The van der Waals surface area contributed by atoms with Gasteiger partial charge in [-0.25, -0.2) is 0 Å². The van der Waals surface area contributed by atoms with Crippen molar-refractivity contribution >= 4 is 21.6 Å². The van der Waals surface area contributed by atoms with E-state index in [0.717, 1.165) is 22.3 Å². The Morgan fingerprint density at radius 2 is 1.78 bits per heavy atom. The van der Waals surface area contributed by atoms with Gasteiger partial charge in [-0.3, -0.25) is 0 Å². The Balaban J connectivity index is 2.03. The first kappa shape index (κ1) is 13.1. The molecule has 0 aliphatic heterocycles. The van der Waals surface area contributed by atoms with Crippen LogP contribution in [0.4, 0.5) is 5.69 Å². The Labute approximate surface area is 116 Å². The van der Waals surface area contributed by atoms with Crippen molar-refractivity contribution in [2.75, 3.05) is 5.73 Å². The number of nitrogen functional groups attached to an aromatic ring is 1. The molecule has 0 radical (unpaired) electrons. The average Bonchev–Trinajstić information content (AvgIpc) is 2.38. The summed E-state index contributed by atoms with van der Waals surface area (Å²) < 4.78 is 1.13. The smallest absolute Gasteiger partial charge is 0.0359 e. The minimum Gasteiger partial charge on any atom is -0.398 e. The van der Waals surface area contributed by atoms with Gasteiger partial charge in [0.05, 0.1) is 0 Å². The number of para-hydroxylation sites is 1. The van der Waals surface area contributed by atoms with E-state index in [1.54, 1.807) is 0 Å². The molecule has 3 N–H and O–H groups in total. The number of rotatable bonds is 4. The van der Waals surface area contributed by atoms with Crippen LogP contribution in [-0.2, 0) is 6.54 Å². The summed E-state index contributed by atoms with van der Waals surface area (Å²) in [5, 5.41) is 3.49. The summed E-state index contributed by atoms with van der Waals surface area (Å²) in [5.74, 6) is 0. The van der Waals surface area contributed by atoms with E-state index in [1.165, 1.54) is 5.56 Å². The predicted octanol–water partition coefficient (Wildman–Crippen LogP) is 3.88. The lowest BCUT2D eigenvalue weighted by Crippen LogP contribution is -2.19. The van der Waals surface area contributed by atoms with E-state index in [4.69, 9.17) is 5.73 Å². The van der Waals surface area contributed by atoms with Crippen LogP contribution in [0.1, 0.15) is 24.1 Å². The lowest BCUT2D eigenvalue weighted by atomic mass is 10.1. The minimum atomic E-state index is 0.278. The lowest BCUT2D eigenvalue weighted by molar-refractivity contribution is 0.573. The van der Waals surface area contributed by atoms with E-state index in [9.17, 15) is 0 Å². The van der Waals surface area contributed by atoms with Crippen molar-refractivity contribution in [2.45, 2.75) is 19.5 Å². The molecule has 0 amide bonds. The highest BCUT2D eigenvalue weighted by Crippen LogP contribution is 2.23. The summed E-state index contributed by atoms with van der Waals surface area (Å²) in [5.41, 5.74) is 9.16. The normalized spacial score (nSPS) is 12.3. The van der Waals surface area contributed by atoms with Crippen molar-refractivity contribution in [3.63, 3.8) is 0 Å². The molecule has 18 heavy (non-hydrogen) atoms. The summed E-state index contributed by atoms with van der Waals surface area (Å²) in [6.45, 7) is 2.92. The van der Waals surface area contributed by atoms with E-state index < -0.39 is 0 Å². The van der Waals surface area contributed by atoms with Crippen LogP contribution in [0.5, 0.6) is 0 Å². The predicted molar refractivity (Wildman–Crippen MR) is 80.3 cm³/mol. The maximum atomic E-state index is 5.93. The molecule has 94 valence electrons. The molecule has 0 aliphatic rings. The standard InChI is InChI=1S/C15H17BrN2/c1-11(13-7-3-4-8-14(13)16)18-10-12-6-2-5-9-15(12)17/h2-9,11,18H,10,17H2,1H3/t11-/m1/s1. The van der Waals surface area contributed by atoms with Crippen molar-refractivity contribution in [1.82, 2.24) is 5.32 Å². The van der Waals surface area contributed by atoms with Gasteiger partial charge in [0.25, 0.3) is 0 Å². The number of benzene rings is 2. The average molecular weight is 305 g/mol. The molecule has 2 aromatic rings. The molecule has 0 aromatic heterocycles. The van der Waals surface area contributed by atoms with E-state index in [2.05, 4.69) is 52.4 Å². The quantitative estimate of drug-likeness (QED) is 0.841. The maximum Gasteiger partial charge on any atom is 0.0359 e. The van der Waals surface area contributed by atoms with Gasteiger partial charge in [-0.1, -0.05) is 52.3 Å². The van der Waals surface area contributed by atoms with Crippen molar-refractivity contribution < 1.29 is 0 Å². The Morgan fingerprint density at radius 3 is 2.50 bits per heavy atom. The molecular formula is C15H17BrN2. The third-order valence-electron chi connectivity index (χ3n) is 3.03. The molecule has 3 heteroatoms. The highest BCUT2D eigenvalue weighted by molar-refractivity contribution is 9.10. The van der Waals surface area contributed by atoms with Crippen LogP contribution in [0, 0.1) is 0 Å². The molecule has 0 bridgehead atoms. The lowest BCUT2D eigenvalue weighted by Gasteiger charge is -2.16. The van der Waals surface area contributed by atoms with Crippen molar-refractivity contribution in [2.24, 2.45) is 0 Å². The molecule has 0 aliphatic carbocycles. The summed E-state index contributed by atoms with van der Waals surface area (Å²) in [7, 11) is 0. The van der Waals surface area contributed by atoms with Gasteiger partial charge in [-0.2, -0.15) is 0 Å². The Morgan fingerprint density at radius 1 is 1.11 bits per heavy atom. The first-order chi connectivity index (χ1) is 8.68. The molecule has 1 atom stereocenters. The number of nitrogens with one attached hydrogen (secondary N) is 1. The fourth-order valence-electron chi connectivity index (χ4n) is 1.89. The fourth-order valence-corrected chi connectivity index (χ4v) is 2.52. The third-order valence-corrected chi connectivity index (χ3v) is 3.75. The molecule has 2 rings (SSSR count). The van der Waals surface area contributed by atoms with E-state index in [0.29, 0.717) is 0 Å². The monoisotopic (exact) mass is 304 g/mol. The summed E-state index contributed by atoms with van der Waals surface area (Å²) in [6.07, 6.45) is 0. The molecule has 2 aromatic carbocycles. The summed E-state index contributed by atoms with van der Waals surface area (Å²) in [6, 6.07) is 16.5. The third kappa shape index (κ3) is 3.12. The minimum absolute atomic E-state index is 0.278. The van der Waals surface area contributed by atoms with Gasteiger partial charge < -0.3 is 11.1 Å². The van der Waals surface area contributed by atoms with Gasteiger partial charge in [-0.15, -0.1) is 0 Å². The Hall–Kier alpha value is -1.32. The molecule has 0 heterocycles. The molecule has 0 saturated heterocycles. The van der Waals surface area contributed by atoms with Crippen LogP contribution >= 0.6 is 15.9 Å². The van der Waals surface area contributed by atoms with Crippen molar-refractivity contribution in [3.8, 4) is 0 Å². The number of hydrogen-bond acceptors (Lipinski definition) is 2. The van der Waals surface area contributed by atoms with Crippen LogP contribution in [-0.4, -0.2) is 0 Å². The first-order valence-corrected chi connectivity index (χ1v) is 6.79. The van der Waals surface area contributed by atoms with Crippen LogP contribution in [0.2, 0.25) is 0 Å².